The van der Waals surface area contributed by atoms with Crippen molar-refractivity contribution in [1.82, 2.24) is 9.55 Å². The number of rotatable bonds is 2. The summed E-state index contributed by atoms with van der Waals surface area (Å²) >= 11 is 3.52. The van der Waals surface area contributed by atoms with Crippen molar-refractivity contribution in [2.75, 3.05) is 0 Å². The maximum atomic E-state index is 4.60. The standard InChI is InChI=1S/C15H17BrN2/c1-11-5-6-18-14(7-11)10-17-15(18)9-12-3-2-4-13(16)8-12/h2-4,8,10-11H,5-7,9H2,1H3. The van der Waals surface area contributed by atoms with Crippen LogP contribution in [0.3, 0.4) is 0 Å². The molecule has 0 radical (unpaired) electrons. The number of benzene rings is 1. The van der Waals surface area contributed by atoms with E-state index >= 15 is 0 Å². The lowest BCUT2D eigenvalue weighted by atomic mass is 9.98. The molecule has 0 saturated heterocycles. The summed E-state index contributed by atoms with van der Waals surface area (Å²) in [5.74, 6) is 2.00. The van der Waals surface area contributed by atoms with Crippen molar-refractivity contribution in [2.45, 2.75) is 32.7 Å². The van der Waals surface area contributed by atoms with Crippen molar-refractivity contribution in [3.8, 4) is 0 Å². The van der Waals surface area contributed by atoms with Gasteiger partial charge in [-0.2, -0.15) is 0 Å². The Balaban J connectivity index is 1.86. The first-order valence-electron chi connectivity index (χ1n) is 6.50. The Morgan fingerprint density at radius 3 is 3.17 bits per heavy atom. The van der Waals surface area contributed by atoms with Crippen LogP contribution in [0.15, 0.2) is 34.9 Å². The van der Waals surface area contributed by atoms with Gasteiger partial charge in [-0.15, -0.1) is 0 Å². The van der Waals surface area contributed by atoms with Gasteiger partial charge < -0.3 is 4.57 Å². The van der Waals surface area contributed by atoms with Gasteiger partial charge in [0.25, 0.3) is 0 Å². The molecule has 1 unspecified atom stereocenters. The van der Waals surface area contributed by atoms with Crippen LogP contribution >= 0.6 is 15.9 Å². The molecular formula is C15H17BrN2. The van der Waals surface area contributed by atoms with Gasteiger partial charge in [-0.1, -0.05) is 35.0 Å². The van der Waals surface area contributed by atoms with Crippen molar-refractivity contribution in [1.29, 1.82) is 0 Å². The molecule has 1 aliphatic heterocycles. The van der Waals surface area contributed by atoms with Crippen LogP contribution in [0.2, 0.25) is 0 Å². The van der Waals surface area contributed by atoms with E-state index in [0.29, 0.717) is 0 Å². The molecule has 1 aromatic heterocycles. The lowest BCUT2D eigenvalue weighted by Crippen LogP contribution is -2.18. The second-order valence-corrected chi connectivity index (χ2v) is 6.14. The first-order valence-corrected chi connectivity index (χ1v) is 7.29. The van der Waals surface area contributed by atoms with Gasteiger partial charge in [0.1, 0.15) is 5.82 Å². The summed E-state index contributed by atoms with van der Waals surface area (Å²) in [6, 6.07) is 8.48. The zero-order chi connectivity index (χ0) is 12.5. The van der Waals surface area contributed by atoms with Crippen molar-refractivity contribution in [3.05, 3.63) is 52.0 Å². The predicted octanol–water partition coefficient (Wildman–Crippen LogP) is 3.82. The molecule has 0 N–H and O–H groups in total. The van der Waals surface area contributed by atoms with Crippen LogP contribution in [0.25, 0.3) is 0 Å². The lowest BCUT2D eigenvalue weighted by molar-refractivity contribution is 0.410. The van der Waals surface area contributed by atoms with E-state index in [4.69, 9.17) is 0 Å². The number of hydrogen-bond acceptors (Lipinski definition) is 1. The van der Waals surface area contributed by atoms with Crippen LogP contribution in [0.4, 0.5) is 0 Å². The van der Waals surface area contributed by atoms with Gasteiger partial charge in [0.15, 0.2) is 0 Å². The number of fused-ring (bicyclic) bond motifs is 1. The average molecular weight is 305 g/mol. The second kappa shape index (κ2) is 4.88. The van der Waals surface area contributed by atoms with E-state index < -0.39 is 0 Å². The summed E-state index contributed by atoms with van der Waals surface area (Å²) in [5.41, 5.74) is 2.72. The highest BCUT2D eigenvalue weighted by atomic mass is 79.9. The summed E-state index contributed by atoms with van der Waals surface area (Å²) in [4.78, 5) is 4.60. The molecule has 0 fully saturated rings. The Labute approximate surface area is 116 Å². The third kappa shape index (κ3) is 2.37. The Morgan fingerprint density at radius 1 is 1.44 bits per heavy atom. The van der Waals surface area contributed by atoms with Crippen molar-refractivity contribution < 1.29 is 0 Å². The lowest BCUT2D eigenvalue weighted by Gasteiger charge is -2.21. The molecule has 2 heterocycles. The maximum absolute atomic E-state index is 4.60. The number of aromatic nitrogens is 2. The molecule has 0 aliphatic carbocycles. The van der Waals surface area contributed by atoms with Gasteiger partial charge in [0.05, 0.1) is 0 Å². The monoisotopic (exact) mass is 304 g/mol. The number of imidazole rings is 1. The summed E-state index contributed by atoms with van der Waals surface area (Å²) in [6.07, 6.45) is 5.43. The molecule has 94 valence electrons. The Morgan fingerprint density at radius 2 is 2.33 bits per heavy atom. The SMILES string of the molecule is CC1CCn2c(cnc2Cc2cccc(Br)c2)C1. The fraction of sp³-hybridized carbons (Fsp3) is 0.400. The molecule has 1 atom stereocenters. The highest BCUT2D eigenvalue weighted by Gasteiger charge is 2.18. The van der Waals surface area contributed by atoms with Crippen molar-refractivity contribution in [3.63, 3.8) is 0 Å². The van der Waals surface area contributed by atoms with E-state index in [1.54, 1.807) is 0 Å². The van der Waals surface area contributed by atoms with Crippen LogP contribution in [0.1, 0.15) is 30.4 Å². The molecule has 1 aliphatic rings. The van der Waals surface area contributed by atoms with Crippen LogP contribution in [0.5, 0.6) is 0 Å². The van der Waals surface area contributed by atoms with Gasteiger partial charge in [-0.05, 0) is 36.5 Å². The van der Waals surface area contributed by atoms with Gasteiger partial charge in [0, 0.05) is 29.3 Å². The van der Waals surface area contributed by atoms with Crippen LogP contribution in [-0.2, 0) is 19.4 Å². The first kappa shape index (κ1) is 12.0. The van der Waals surface area contributed by atoms with Gasteiger partial charge in [-0.25, -0.2) is 4.98 Å². The van der Waals surface area contributed by atoms with E-state index in [1.807, 2.05) is 0 Å². The number of halogens is 1. The highest BCUT2D eigenvalue weighted by Crippen LogP contribution is 2.23. The Kier molecular flexibility index (Phi) is 3.25. The molecule has 0 spiro atoms. The molecule has 3 rings (SSSR count). The van der Waals surface area contributed by atoms with Crippen molar-refractivity contribution in [2.24, 2.45) is 5.92 Å². The van der Waals surface area contributed by atoms with E-state index in [-0.39, 0.29) is 0 Å². The van der Waals surface area contributed by atoms with E-state index in [0.717, 1.165) is 23.4 Å². The predicted molar refractivity (Wildman–Crippen MR) is 76.7 cm³/mol. The highest BCUT2D eigenvalue weighted by molar-refractivity contribution is 9.10. The zero-order valence-electron chi connectivity index (χ0n) is 10.6. The van der Waals surface area contributed by atoms with Crippen LogP contribution in [-0.4, -0.2) is 9.55 Å². The molecule has 18 heavy (non-hydrogen) atoms. The third-order valence-corrected chi connectivity index (χ3v) is 4.17. The smallest absolute Gasteiger partial charge is 0.113 e. The molecule has 2 aromatic rings. The second-order valence-electron chi connectivity index (χ2n) is 5.22. The first-order chi connectivity index (χ1) is 8.72. The Bertz CT molecular complexity index is 559. The minimum atomic E-state index is 0.799. The largest absolute Gasteiger partial charge is 0.332 e. The fourth-order valence-electron chi connectivity index (χ4n) is 2.67. The van der Waals surface area contributed by atoms with E-state index in [1.165, 1.54) is 29.9 Å². The molecule has 2 nitrogen and oxygen atoms in total. The summed E-state index contributed by atoms with van der Waals surface area (Å²) in [6.45, 7) is 3.45. The number of hydrogen-bond donors (Lipinski definition) is 0. The topological polar surface area (TPSA) is 17.8 Å². The summed E-state index contributed by atoms with van der Waals surface area (Å²) in [5, 5.41) is 0. The zero-order valence-corrected chi connectivity index (χ0v) is 12.2. The molecule has 0 amide bonds. The molecule has 0 saturated carbocycles. The molecular weight excluding hydrogens is 288 g/mol. The van der Waals surface area contributed by atoms with E-state index in [9.17, 15) is 0 Å². The fourth-order valence-corrected chi connectivity index (χ4v) is 3.12. The van der Waals surface area contributed by atoms with Crippen molar-refractivity contribution >= 4 is 15.9 Å². The van der Waals surface area contributed by atoms with Crippen LogP contribution < -0.4 is 0 Å². The molecule has 1 aromatic carbocycles. The third-order valence-electron chi connectivity index (χ3n) is 3.68. The minimum Gasteiger partial charge on any atom is -0.332 e. The maximum Gasteiger partial charge on any atom is 0.113 e. The summed E-state index contributed by atoms with van der Waals surface area (Å²) < 4.78 is 3.54. The van der Waals surface area contributed by atoms with Gasteiger partial charge >= 0.3 is 0 Å². The normalized spacial score (nSPS) is 18.7. The Hall–Kier alpha value is -1.09. The van der Waals surface area contributed by atoms with Gasteiger partial charge in [0.2, 0.25) is 0 Å². The molecule has 0 bridgehead atoms. The van der Waals surface area contributed by atoms with Gasteiger partial charge in [-0.3, -0.25) is 0 Å². The average Bonchev–Trinajstić information content (AvgIpc) is 2.72. The van der Waals surface area contributed by atoms with E-state index in [2.05, 4.69) is 62.9 Å². The quantitative estimate of drug-likeness (QED) is 0.825. The molecule has 3 heteroatoms. The number of nitrogens with zero attached hydrogens (tertiary/aromatic N) is 2. The minimum absolute atomic E-state index is 0.799. The summed E-state index contributed by atoms with van der Waals surface area (Å²) in [7, 11) is 0. The van der Waals surface area contributed by atoms with Crippen LogP contribution in [0, 0.1) is 5.92 Å².